The number of methoxy groups -OCH3 is 2. The first-order valence-corrected chi connectivity index (χ1v) is 11.7. The predicted octanol–water partition coefficient (Wildman–Crippen LogP) is 3.89. The minimum absolute atomic E-state index is 0.0593. The van der Waals surface area contributed by atoms with Crippen LogP contribution in [0.15, 0.2) is 54.6 Å². The molecule has 1 fully saturated rings. The van der Waals surface area contributed by atoms with E-state index in [1.54, 1.807) is 7.11 Å². The van der Waals surface area contributed by atoms with Crippen molar-refractivity contribution in [3.8, 4) is 5.75 Å². The molecule has 2 aromatic rings. The molecule has 0 aliphatic heterocycles. The number of carbonyl (C=O) groups excluding carboxylic acids is 2. The number of ether oxygens (including phenoxy) is 2. The zero-order valence-electron chi connectivity index (χ0n) is 19.7. The number of hydrogen-bond acceptors (Lipinski definition) is 5. The number of aryl methyl sites for hydroxylation is 1. The highest BCUT2D eigenvalue weighted by atomic mass is 16.5. The molecule has 1 aliphatic carbocycles. The van der Waals surface area contributed by atoms with Crippen LogP contribution in [0.5, 0.6) is 5.75 Å². The number of aliphatic hydroxyl groups is 1. The second-order valence-corrected chi connectivity index (χ2v) is 8.79. The van der Waals surface area contributed by atoms with Crippen LogP contribution in [0.1, 0.15) is 49.7 Å². The van der Waals surface area contributed by atoms with Gasteiger partial charge in [0.15, 0.2) is 0 Å². The van der Waals surface area contributed by atoms with E-state index in [4.69, 9.17) is 9.47 Å². The average Bonchev–Trinajstić information content (AvgIpc) is 2.83. The van der Waals surface area contributed by atoms with Crippen LogP contribution in [0.3, 0.4) is 0 Å². The smallest absolute Gasteiger partial charge is 0.305 e. The van der Waals surface area contributed by atoms with E-state index in [0.29, 0.717) is 38.8 Å². The minimum atomic E-state index is -0.708. The molecule has 2 aromatic carbocycles. The summed E-state index contributed by atoms with van der Waals surface area (Å²) in [7, 11) is 3.01. The second-order valence-electron chi connectivity index (χ2n) is 8.79. The number of esters is 1. The minimum Gasteiger partial charge on any atom is -0.497 e. The van der Waals surface area contributed by atoms with Gasteiger partial charge in [-0.2, -0.15) is 0 Å². The summed E-state index contributed by atoms with van der Waals surface area (Å²) in [5.41, 5.74) is 1.46. The number of rotatable bonds is 12. The van der Waals surface area contributed by atoms with Gasteiger partial charge in [-0.05, 0) is 61.8 Å². The summed E-state index contributed by atoms with van der Waals surface area (Å²) in [6.45, 7) is 1.22. The Hall–Kier alpha value is -2.86. The second kappa shape index (κ2) is 11.8. The fraction of sp³-hybridized carbons (Fsp3) is 0.481. The molecule has 6 heteroatoms. The van der Waals surface area contributed by atoms with Crippen molar-refractivity contribution >= 4 is 11.9 Å². The number of carbonyl (C=O) groups is 2. The van der Waals surface area contributed by atoms with Crippen LogP contribution in [-0.2, 0) is 26.2 Å². The standard InChI is InChI=1S/C27H35NO5/c1-32-24-15-13-22(14-16-24)27(19-23(29)20-27)26(31)28(17-7-6-12-25(30)33-2)18-8-11-21-9-4-3-5-10-21/h3-5,9-10,13-16,23,29H,6-8,11-12,17-20H2,1-2H3. The molecule has 0 atom stereocenters. The van der Waals surface area contributed by atoms with Gasteiger partial charge < -0.3 is 19.5 Å². The molecule has 178 valence electrons. The van der Waals surface area contributed by atoms with E-state index in [1.165, 1.54) is 12.7 Å². The molecular formula is C27H35NO5. The van der Waals surface area contributed by atoms with Crippen molar-refractivity contribution < 1.29 is 24.2 Å². The van der Waals surface area contributed by atoms with Crippen LogP contribution in [0, 0.1) is 0 Å². The van der Waals surface area contributed by atoms with Crippen LogP contribution in [0.4, 0.5) is 0 Å². The van der Waals surface area contributed by atoms with E-state index in [0.717, 1.165) is 30.6 Å². The Labute approximate surface area is 196 Å². The third kappa shape index (κ3) is 6.35. The van der Waals surface area contributed by atoms with Gasteiger partial charge in [0.2, 0.25) is 5.91 Å². The van der Waals surface area contributed by atoms with Gasteiger partial charge in [0, 0.05) is 19.5 Å². The third-order valence-corrected chi connectivity index (χ3v) is 6.53. The van der Waals surface area contributed by atoms with E-state index in [1.807, 2.05) is 47.4 Å². The van der Waals surface area contributed by atoms with Gasteiger partial charge in [-0.25, -0.2) is 0 Å². The molecule has 3 rings (SSSR count). The van der Waals surface area contributed by atoms with Crippen molar-refractivity contribution in [2.24, 2.45) is 0 Å². The van der Waals surface area contributed by atoms with Crippen LogP contribution in [0.2, 0.25) is 0 Å². The van der Waals surface area contributed by atoms with Gasteiger partial charge >= 0.3 is 5.97 Å². The van der Waals surface area contributed by atoms with Crippen molar-refractivity contribution in [3.05, 3.63) is 65.7 Å². The molecular weight excluding hydrogens is 418 g/mol. The fourth-order valence-electron chi connectivity index (χ4n) is 4.60. The summed E-state index contributed by atoms with van der Waals surface area (Å²) >= 11 is 0. The third-order valence-electron chi connectivity index (χ3n) is 6.53. The predicted molar refractivity (Wildman–Crippen MR) is 127 cm³/mol. The van der Waals surface area contributed by atoms with Gasteiger partial charge in [-0.1, -0.05) is 42.5 Å². The lowest BCUT2D eigenvalue weighted by molar-refractivity contribution is -0.146. The highest BCUT2D eigenvalue weighted by Gasteiger charge is 2.52. The summed E-state index contributed by atoms with van der Waals surface area (Å²) in [6.07, 6.45) is 3.89. The summed E-state index contributed by atoms with van der Waals surface area (Å²) in [5.74, 6) is 0.571. The Bertz CT molecular complexity index is 890. The largest absolute Gasteiger partial charge is 0.497 e. The quantitative estimate of drug-likeness (QED) is 0.390. The molecule has 1 N–H and O–H groups in total. The molecule has 33 heavy (non-hydrogen) atoms. The van der Waals surface area contributed by atoms with Gasteiger partial charge in [-0.3, -0.25) is 9.59 Å². The van der Waals surface area contributed by atoms with Crippen LogP contribution >= 0.6 is 0 Å². The average molecular weight is 454 g/mol. The van der Waals surface area contributed by atoms with Crippen LogP contribution < -0.4 is 4.74 Å². The lowest BCUT2D eigenvalue weighted by Gasteiger charge is -2.47. The Kier molecular flexibility index (Phi) is 8.89. The zero-order valence-corrected chi connectivity index (χ0v) is 19.7. The number of benzene rings is 2. The zero-order chi connectivity index (χ0) is 23.7. The highest BCUT2D eigenvalue weighted by molar-refractivity contribution is 5.89. The summed E-state index contributed by atoms with van der Waals surface area (Å²) in [4.78, 5) is 27.3. The van der Waals surface area contributed by atoms with E-state index >= 15 is 0 Å². The molecule has 6 nitrogen and oxygen atoms in total. The topological polar surface area (TPSA) is 76.1 Å². The van der Waals surface area contributed by atoms with Crippen molar-refractivity contribution in [2.75, 3.05) is 27.3 Å². The summed E-state index contributed by atoms with van der Waals surface area (Å²) < 4.78 is 10.00. The lowest BCUT2D eigenvalue weighted by atomic mass is 9.61. The molecule has 0 heterocycles. The first kappa shape index (κ1) is 24.8. The monoisotopic (exact) mass is 453 g/mol. The van der Waals surface area contributed by atoms with Crippen molar-refractivity contribution in [1.82, 2.24) is 4.90 Å². The molecule has 0 bridgehead atoms. The number of nitrogens with zero attached hydrogens (tertiary/aromatic N) is 1. The number of amides is 1. The van der Waals surface area contributed by atoms with E-state index in [2.05, 4.69) is 12.1 Å². The number of hydrogen-bond donors (Lipinski definition) is 1. The highest BCUT2D eigenvalue weighted by Crippen LogP contribution is 2.46. The first-order valence-electron chi connectivity index (χ1n) is 11.7. The normalized spacial score (nSPS) is 19.4. The molecule has 0 radical (unpaired) electrons. The van der Waals surface area contributed by atoms with Crippen molar-refractivity contribution in [1.29, 1.82) is 0 Å². The molecule has 1 amide bonds. The van der Waals surface area contributed by atoms with Gasteiger partial charge in [-0.15, -0.1) is 0 Å². The molecule has 0 saturated heterocycles. The Morgan fingerprint density at radius 1 is 0.970 bits per heavy atom. The van der Waals surface area contributed by atoms with Gasteiger partial charge in [0.25, 0.3) is 0 Å². The molecule has 0 spiro atoms. The molecule has 1 saturated carbocycles. The van der Waals surface area contributed by atoms with Crippen LogP contribution in [-0.4, -0.2) is 55.3 Å². The SMILES string of the molecule is COC(=O)CCCCN(CCCc1ccccc1)C(=O)C1(c2ccc(OC)cc2)CC(O)C1. The van der Waals surface area contributed by atoms with E-state index in [-0.39, 0.29) is 11.9 Å². The van der Waals surface area contributed by atoms with Gasteiger partial charge in [0.05, 0.1) is 25.7 Å². The Balaban J connectivity index is 1.72. The summed E-state index contributed by atoms with van der Waals surface area (Å²) in [5, 5.41) is 10.2. The number of aliphatic hydroxyl groups excluding tert-OH is 1. The first-order chi connectivity index (χ1) is 16.0. The summed E-state index contributed by atoms with van der Waals surface area (Å²) in [6, 6.07) is 17.9. The fourth-order valence-corrected chi connectivity index (χ4v) is 4.60. The van der Waals surface area contributed by atoms with Crippen molar-refractivity contribution in [3.63, 3.8) is 0 Å². The molecule has 1 aliphatic rings. The Morgan fingerprint density at radius 3 is 2.24 bits per heavy atom. The molecule has 0 unspecified atom stereocenters. The molecule has 0 aromatic heterocycles. The lowest BCUT2D eigenvalue weighted by Crippen LogP contribution is -2.56. The van der Waals surface area contributed by atoms with E-state index < -0.39 is 11.5 Å². The Morgan fingerprint density at radius 2 is 1.64 bits per heavy atom. The van der Waals surface area contributed by atoms with Crippen LogP contribution in [0.25, 0.3) is 0 Å². The van der Waals surface area contributed by atoms with E-state index in [9.17, 15) is 14.7 Å². The van der Waals surface area contributed by atoms with Crippen molar-refractivity contribution in [2.45, 2.75) is 56.5 Å². The number of unbranched alkanes of at least 4 members (excludes halogenated alkanes) is 1. The maximum atomic E-state index is 13.9. The maximum Gasteiger partial charge on any atom is 0.305 e. The maximum absolute atomic E-state index is 13.9. The van der Waals surface area contributed by atoms with Gasteiger partial charge in [0.1, 0.15) is 5.75 Å².